The van der Waals surface area contributed by atoms with Gasteiger partial charge in [-0.2, -0.15) is 0 Å². The van der Waals surface area contributed by atoms with E-state index in [0.717, 1.165) is 12.7 Å². The molecule has 0 aliphatic carbocycles. The third kappa shape index (κ3) is 4.18. The van der Waals surface area contributed by atoms with Crippen molar-refractivity contribution in [1.29, 1.82) is 0 Å². The molecule has 0 saturated heterocycles. The Morgan fingerprint density at radius 2 is 1.91 bits per heavy atom. The van der Waals surface area contributed by atoms with Gasteiger partial charge >= 0.3 is 0 Å². The minimum absolute atomic E-state index is 0.289. The van der Waals surface area contributed by atoms with Crippen LogP contribution in [0, 0.1) is 11.3 Å². The molecule has 0 bridgehead atoms. The molecule has 0 rings (SSSR count). The second kappa shape index (κ2) is 4.53. The van der Waals surface area contributed by atoms with Crippen molar-refractivity contribution < 1.29 is 4.79 Å². The zero-order valence-corrected chi connectivity index (χ0v) is 8.18. The van der Waals surface area contributed by atoms with Crippen molar-refractivity contribution in [1.82, 2.24) is 0 Å². The molecule has 1 atom stereocenters. The largest absolute Gasteiger partial charge is 0.303 e. The third-order valence-corrected chi connectivity index (χ3v) is 2.24. The van der Waals surface area contributed by atoms with E-state index in [4.69, 9.17) is 0 Å². The fraction of sp³-hybridized carbons (Fsp3) is 0.900. The van der Waals surface area contributed by atoms with Gasteiger partial charge in [-0.25, -0.2) is 0 Å². The molecule has 0 aliphatic rings. The van der Waals surface area contributed by atoms with Crippen LogP contribution in [0.1, 0.15) is 47.0 Å². The maximum atomic E-state index is 10.3. The summed E-state index contributed by atoms with van der Waals surface area (Å²) in [5.74, 6) is 0.560. The van der Waals surface area contributed by atoms with Gasteiger partial charge in [-0.3, -0.25) is 0 Å². The minimum atomic E-state index is 0.289. The van der Waals surface area contributed by atoms with E-state index in [1.807, 2.05) is 0 Å². The quantitative estimate of drug-likeness (QED) is 0.572. The van der Waals surface area contributed by atoms with Crippen molar-refractivity contribution in [2.24, 2.45) is 11.3 Å². The highest BCUT2D eigenvalue weighted by molar-refractivity contribution is 5.49. The smallest absolute Gasteiger partial charge is 0.120 e. The maximum absolute atomic E-state index is 10.3. The van der Waals surface area contributed by atoms with Crippen LogP contribution in [0.2, 0.25) is 0 Å². The van der Waals surface area contributed by atoms with E-state index in [0.29, 0.717) is 5.92 Å². The molecular formula is C10H20O. The van der Waals surface area contributed by atoms with Crippen LogP contribution < -0.4 is 0 Å². The predicted octanol–water partition coefficient (Wildman–Crippen LogP) is 3.04. The standard InChI is InChI=1S/C10H20O/c1-5-6-9(7-8-11)10(2,3)4/h8-9H,5-7H2,1-4H3. The summed E-state index contributed by atoms with van der Waals surface area (Å²) in [6, 6.07) is 0. The maximum Gasteiger partial charge on any atom is 0.120 e. The van der Waals surface area contributed by atoms with Gasteiger partial charge in [0.1, 0.15) is 6.29 Å². The lowest BCUT2D eigenvalue weighted by Crippen LogP contribution is -2.20. The van der Waals surface area contributed by atoms with E-state index in [1.54, 1.807) is 0 Å². The predicted molar refractivity (Wildman–Crippen MR) is 48.5 cm³/mol. The van der Waals surface area contributed by atoms with Crippen LogP contribution in [0.4, 0.5) is 0 Å². The van der Waals surface area contributed by atoms with Gasteiger partial charge in [-0.15, -0.1) is 0 Å². The van der Waals surface area contributed by atoms with Gasteiger partial charge in [0.05, 0.1) is 0 Å². The summed E-state index contributed by atoms with van der Waals surface area (Å²) in [5, 5.41) is 0. The normalized spacial score (nSPS) is 14.5. The van der Waals surface area contributed by atoms with Crippen LogP contribution in [-0.4, -0.2) is 6.29 Å². The Hall–Kier alpha value is -0.330. The molecule has 11 heavy (non-hydrogen) atoms. The van der Waals surface area contributed by atoms with Crippen molar-refractivity contribution >= 4 is 6.29 Å². The van der Waals surface area contributed by atoms with Crippen LogP contribution in [0.5, 0.6) is 0 Å². The molecule has 0 N–H and O–H groups in total. The monoisotopic (exact) mass is 156 g/mol. The molecule has 1 heteroatoms. The Kier molecular flexibility index (Phi) is 4.39. The summed E-state index contributed by atoms with van der Waals surface area (Å²) >= 11 is 0. The average molecular weight is 156 g/mol. The van der Waals surface area contributed by atoms with Crippen LogP contribution in [0.25, 0.3) is 0 Å². The average Bonchev–Trinajstić information content (AvgIpc) is 1.85. The number of carbonyl (C=O) groups excluding carboxylic acids is 1. The molecule has 0 heterocycles. The Balaban J connectivity index is 3.97. The molecular weight excluding hydrogens is 136 g/mol. The number of hydrogen-bond acceptors (Lipinski definition) is 1. The van der Waals surface area contributed by atoms with Crippen molar-refractivity contribution in [3.05, 3.63) is 0 Å². The van der Waals surface area contributed by atoms with Crippen LogP contribution >= 0.6 is 0 Å². The summed E-state index contributed by atoms with van der Waals surface area (Å²) in [7, 11) is 0. The molecule has 0 aromatic heterocycles. The molecule has 66 valence electrons. The minimum Gasteiger partial charge on any atom is -0.303 e. The molecule has 0 spiro atoms. The SMILES string of the molecule is CCCC(CC=O)C(C)(C)C. The van der Waals surface area contributed by atoms with E-state index < -0.39 is 0 Å². The highest BCUT2D eigenvalue weighted by Crippen LogP contribution is 2.31. The van der Waals surface area contributed by atoms with E-state index in [1.165, 1.54) is 12.8 Å². The first-order valence-electron chi connectivity index (χ1n) is 4.46. The molecule has 0 saturated carbocycles. The van der Waals surface area contributed by atoms with Gasteiger partial charge in [0, 0.05) is 6.42 Å². The summed E-state index contributed by atoms with van der Waals surface area (Å²) < 4.78 is 0. The molecule has 0 aliphatic heterocycles. The van der Waals surface area contributed by atoms with E-state index in [-0.39, 0.29) is 5.41 Å². The highest BCUT2D eigenvalue weighted by Gasteiger charge is 2.22. The van der Waals surface area contributed by atoms with Crippen LogP contribution in [0.3, 0.4) is 0 Å². The lowest BCUT2D eigenvalue weighted by Gasteiger charge is -2.28. The van der Waals surface area contributed by atoms with Gasteiger partial charge in [0.25, 0.3) is 0 Å². The molecule has 0 radical (unpaired) electrons. The summed E-state index contributed by atoms with van der Waals surface area (Å²) in [6.07, 6.45) is 4.11. The van der Waals surface area contributed by atoms with Gasteiger partial charge in [-0.1, -0.05) is 34.1 Å². The van der Waals surface area contributed by atoms with Crippen molar-refractivity contribution in [3.63, 3.8) is 0 Å². The summed E-state index contributed by atoms with van der Waals surface area (Å²) in [5.41, 5.74) is 0.289. The van der Waals surface area contributed by atoms with Crippen LogP contribution in [0.15, 0.2) is 0 Å². The molecule has 0 fully saturated rings. The van der Waals surface area contributed by atoms with Gasteiger partial charge in [0.15, 0.2) is 0 Å². The van der Waals surface area contributed by atoms with E-state index in [2.05, 4.69) is 27.7 Å². The Morgan fingerprint density at radius 1 is 1.36 bits per heavy atom. The molecule has 1 nitrogen and oxygen atoms in total. The Morgan fingerprint density at radius 3 is 2.18 bits per heavy atom. The van der Waals surface area contributed by atoms with Gasteiger partial charge in [0.2, 0.25) is 0 Å². The number of carbonyl (C=O) groups is 1. The van der Waals surface area contributed by atoms with Gasteiger partial charge < -0.3 is 4.79 Å². The molecule has 0 aromatic rings. The Bertz CT molecular complexity index is 111. The van der Waals surface area contributed by atoms with Crippen molar-refractivity contribution in [2.75, 3.05) is 0 Å². The third-order valence-electron chi connectivity index (χ3n) is 2.24. The van der Waals surface area contributed by atoms with Crippen molar-refractivity contribution in [2.45, 2.75) is 47.0 Å². The molecule has 1 unspecified atom stereocenters. The second-order valence-electron chi connectivity index (χ2n) is 4.25. The van der Waals surface area contributed by atoms with Gasteiger partial charge in [-0.05, 0) is 17.8 Å². The lowest BCUT2D eigenvalue weighted by molar-refractivity contribution is -0.109. The summed E-state index contributed by atoms with van der Waals surface area (Å²) in [4.78, 5) is 10.3. The molecule has 0 aromatic carbocycles. The van der Waals surface area contributed by atoms with E-state index >= 15 is 0 Å². The number of aldehydes is 1. The highest BCUT2D eigenvalue weighted by atomic mass is 16.1. The Labute approximate surface area is 70.2 Å². The second-order valence-corrected chi connectivity index (χ2v) is 4.25. The zero-order chi connectivity index (χ0) is 8.91. The fourth-order valence-electron chi connectivity index (χ4n) is 1.37. The molecule has 0 amide bonds. The van der Waals surface area contributed by atoms with E-state index in [9.17, 15) is 4.79 Å². The number of hydrogen-bond donors (Lipinski definition) is 0. The topological polar surface area (TPSA) is 17.1 Å². The first kappa shape index (κ1) is 10.7. The lowest BCUT2D eigenvalue weighted by atomic mass is 9.77. The van der Waals surface area contributed by atoms with Crippen LogP contribution in [-0.2, 0) is 4.79 Å². The number of rotatable bonds is 4. The van der Waals surface area contributed by atoms with Crippen molar-refractivity contribution in [3.8, 4) is 0 Å². The first-order valence-corrected chi connectivity index (χ1v) is 4.46. The summed E-state index contributed by atoms with van der Waals surface area (Å²) in [6.45, 7) is 8.79. The fourth-order valence-corrected chi connectivity index (χ4v) is 1.37. The zero-order valence-electron chi connectivity index (χ0n) is 8.18. The first-order chi connectivity index (χ1) is 5.02.